The lowest BCUT2D eigenvalue weighted by atomic mass is 9.98. The second-order valence-corrected chi connectivity index (χ2v) is 7.66. The summed E-state index contributed by atoms with van der Waals surface area (Å²) in [6.07, 6.45) is 1.71. The summed E-state index contributed by atoms with van der Waals surface area (Å²) in [6.45, 7) is 3.59. The Kier molecular flexibility index (Phi) is 4.32. The Bertz CT molecular complexity index is 707. The number of nitrogens with two attached hydrogens (primary N) is 1. The maximum atomic E-state index is 11.5. The lowest BCUT2D eigenvalue weighted by Gasteiger charge is -2.09. The second kappa shape index (κ2) is 5.85. The molecule has 0 fully saturated rings. The van der Waals surface area contributed by atoms with Crippen LogP contribution in [0.3, 0.4) is 0 Å². The van der Waals surface area contributed by atoms with Crippen molar-refractivity contribution in [2.24, 2.45) is 0 Å². The van der Waals surface area contributed by atoms with Crippen LogP contribution >= 0.6 is 0 Å². The first-order valence-electron chi connectivity index (χ1n) is 6.64. The Morgan fingerprint density at radius 3 is 2.43 bits per heavy atom. The van der Waals surface area contributed by atoms with Gasteiger partial charge in [0.05, 0.1) is 0 Å². The van der Waals surface area contributed by atoms with Crippen LogP contribution in [0, 0.1) is 0 Å². The van der Waals surface area contributed by atoms with E-state index in [-0.39, 0.29) is 11.7 Å². The number of anilines is 1. The van der Waals surface area contributed by atoms with Crippen molar-refractivity contribution in [3.63, 3.8) is 0 Å². The van der Waals surface area contributed by atoms with E-state index in [0.29, 0.717) is 18.0 Å². The van der Waals surface area contributed by atoms with Gasteiger partial charge in [0.1, 0.15) is 5.25 Å². The van der Waals surface area contributed by atoms with Gasteiger partial charge in [-0.2, -0.15) is 4.98 Å². The topological polar surface area (TPSA) is 99.1 Å². The molecule has 0 saturated carbocycles. The predicted octanol–water partition coefficient (Wildman–Crippen LogP) is 2.10. The first-order valence-corrected chi connectivity index (χ1v) is 8.59. The normalized spacial score (nSPS) is 14.8. The summed E-state index contributed by atoms with van der Waals surface area (Å²) in [5, 5.41) is 3.00. The molecule has 114 valence electrons. The van der Waals surface area contributed by atoms with Gasteiger partial charge in [-0.05, 0) is 30.5 Å². The summed E-state index contributed by atoms with van der Waals surface area (Å²) in [4.78, 5) is 4.18. The van der Waals surface area contributed by atoms with Crippen molar-refractivity contribution in [1.29, 1.82) is 0 Å². The SMILES string of the molecule is CC(Cc1nc(C(C)S(C)(=O)=O)no1)c1ccc(N)cc1. The van der Waals surface area contributed by atoms with Gasteiger partial charge >= 0.3 is 0 Å². The molecule has 0 aliphatic rings. The highest BCUT2D eigenvalue weighted by Gasteiger charge is 2.23. The molecule has 2 aromatic rings. The zero-order valence-electron chi connectivity index (χ0n) is 12.3. The van der Waals surface area contributed by atoms with Crippen LogP contribution in [0.4, 0.5) is 5.69 Å². The van der Waals surface area contributed by atoms with E-state index in [1.54, 1.807) is 6.92 Å². The molecule has 0 aliphatic heterocycles. The average molecular weight is 309 g/mol. The minimum Gasteiger partial charge on any atom is -0.399 e. The maximum Gasteiger partial charge on any atom is 0.227 e. The smallest absolute Gasteiger partial charge is 0.227 e. The van der Waals surface area contributed by atoms with Crippen LogP contribution < -0.4 is 5.73 Å². The molecule has 0 amide bonds. The van der Waals surface area contributed by atoms with Gasteiger partial charge in [-0.25, -0.2) is 8.42 Å². The van der Waals surface area contributed by atoms with Crippen molar-refractivity contribution >= 4 is 15.5 Å². The summed E-state index contributed by atoms with van der Waals surface area (Å²) in [5.41, 5.74) is 7.49. The van der Waals surface area contributed by atoms with Gasteiger partial charge < -0.3 is 10.3 Å². The molecule has 21 heavy (non-hydrogen) atoms. The molecule has 0 bridgehead atoms. The van der Waals surface area contributed by atoms with Crippen molar-refractivity contribution in [2.45, 2.75) is 31.4 Å². The lowest BCUT2D eigenvalue weighted by Crippen LogP contribution is -2.09. The third-order valence-corrected chi connectivity index (χ3v) is 4.97. The van der Waals surface area contributed by atoms with Crippen LogP contribution in [0.15, 0.2) is 28.8 Å². The number of benzene rings is 1. The molecular formula is C14H19N3O3S. The zero-order valence-corrected chi connectivity index (χ0v) is 13.1. The highest BCUT2D eigenvalue weighted by atomic mass is 32.2. The molecule has 0 spiro atoms. The summed E-state index contributed by atoms with van der Waals surface area (Å²) < 4.78 is 28.1. The number of nitrogen functional groups attached to an aromatic ring is 1. The highest BCUT2D eigenvalue weighted by Crippen LogP contribution is 2.23. The van der Waals surface area contributed by atoms with Crippen LogP contribution in [0.25, 0.3) is 0 Å². The van der Waals surface area contributed by atoms with E-state index >= 15 is 0 Å². The van der Waals surface area contributed by atoms with Gasteiger partial charge in [0.25, 0.3) is 0 Å². The Hall–Kier alpha value is -1.89. The summed E-state index contributed by atoms with van der Waals surface area (Å²) in [7, 11) is -3.23. The van der Waals surface area contributed by atoms with Crippen LogP contribution in [0.1, 0.15) is 42.3 Å². The quantitative estimate of drug-likeness (QED) is 0.849. The van der Waals surface area contributed by atoms with Crippen LogP contribution in [-0.4, -0.2) is 24.8 Å². The fourth-order valence-corrected chi connectivity index (χ4v) is 2.39. The molecule has 0 aliphatic carbocycles. The van der Waals surface area contributed by atoms with Gasteiger partial charge in [0, 0.05) is 18.4 Å². The number of hydrogen-bond acceptors (Lipinski definition) is 6. The van der Waals surface area contributed by atoms with Gasteiger partial charge in [-0.3, -0.25) is 0 Å². The van der Waals surface area contributed by atoms with Gasteiger partial charge in [-0.1, -0.05) is 24.2 Å². The minimum absolute atomic E-state index is 0.174. The first kappa shape index (κ1) is 15.5. The number of aromatic nitrogens is 2. The van der Waals surface area contributed by atoms with E-state index in [1.165, 1.54) is 0 Å². The Morgan fingerprint density at radius 1 is 1.24 bits per heavy atom. The molecule has 2 unspecified atom stereocenters. The molecule has 2 rings (SSSR count). The third kappa shape index (κ3) is 3.81. The first-order chi connectivity index (χ1) is 9.77. The lowest BCUT2D eigenvalue weighted by molar-refractivity contribution is 0.366. The standard InChI is InChI=1S/C14H19N3O3S/c1-9(11-4-6-12(15)7-5-11)8-13-16-14(17-20-13)10(2)21(3,18)19/h4-7,9-10H,8,15H2,1-3H3. The minimum atomic E-state index is -3.23. The Labute approximate surface area is 124 Å². The molecular weight excluding hydrogens is 290 g/mol. The third-order valence-electron chi connectivity index (χ3n) is 3.48. The Balaban J connectivity index is 2.10. The van der Waals surface area contributed by atoms with Gasteiger partial charge in [0.2, 0.25) is 5.89 Å². The summed E-state index contributed by atoms with van der Waals surface area (Å²) >= 11 is 0. The molecule has 0 saturated heterocycles. The monoisotopic (exact) mass is 309 g/mol. The molecule has 6 nitrogen and oxygen atoms in total. The summed E-state index contributed by atoms with van der Waals surface area (Å²) in [5.74, 6) is 0.814. The van der Waals surface area contributed by atoms with E-state index in [0.717, 1.165) is 11.8 Å². The van der Waals surface area contributed by atoms with Crippen LogP contribution in [0.2, 0.25) is 0 Å². The van der Waals surface area contributed by atoms with Gasteiger partial charge in [-0.15, -0.1) is 0 Å². The van der Waals surface area contributed by atoms with Crippen molar-refractivity contribution in [1.82, 2.24) is 10.1 Å². The van der Waals surface area contributed by atoms with Gasteiger partial charge in [0.15, 0.2) is 15.7 Å². The molecule has 1 aromatic carbocycles. The van der Waals surface area contributed by atoms with Crippen LogP contribution in [0.5, 0.6) is 0 Å². The number of rotatable bonds is 5. The van der Waals surface area contributed by atoms with Crippen molar-refractivity contribution in [2.75, 3.05) is 12.0 Å². The molecule has 1 heterocycles. The molecule has 2 N–H and O–H groups in total. The molecule has 0 radical (unpaired) electrons. The highest BCUT2D eigenvalue weighted by molar-refractivity contribution is 7.90. The fraction of sp³-hybridized carbons (Fsp3) is 0.429. The zero-order chi connectivity index (χ0) is 15.6. The largest absolute Gasteiger partial charge is 0.399 e. The van der Waals surface area contributed by atoms with Crippen molar-refractivity contribution < 1.29 is 12.9 Å². The van der Waals surface area contributed by atoms with E-state index < -0.39 is 15.1 Å². The average Bonchev–Trinajstić information content (AvgIpc) is 2.85. The van der Waals surface area contributed by atoms with E-state index in [9.17, 15) is 8.42 Å². The second-order valence-electron chi connectivity index (χ2n) is 5.29. The number of sulfone groups is 1. The predicted molar refractivity (Wildman–Crippen MR) is 80.5 cm³/mol. The Morgan fingerprint density at radius 2 is 1.86 bits per heavy atom. The maximum absolute atomic E-state index is 11.5. The van der Waals surface area contributed by atoms with Crippen LogP contribution in [-0.2, 0) is 16.3 Å². The van der Waals surface area contributed by atoms with Crippen molar-refractivity contribution in [3.8, 4) is 0 Å². The molecule has 7 heteroatoms. The molecule has 1 aromatic heterocycles. The van der Waals surface area contributed by atoms with E-state index in [2.05, 4.69) is 10.1 Å². The molecule has 2 atom stereocenters. The number of hydrogen-bond donors (Lipinski definition) is 1. The fourth-order valence-electron chi connectivity index (χ4n) is 1.91. The van der Waals surface area contributed by atoms with E-state index in [1.807, 2.05) is 31.2 Å². The van der Waals surface area contributed by atoms with E-state index in [4.69, 9.17) is 10.3 Å². The summed E-state index contributed by atoms with van der Waals surface area (Å²) in [6, 6.07) is 7.60. The number of nitrogens with zero attached hydrogens (tertiary/aromatic N) is 2. The van der Waals surface area contributed by atoms with Crippen molar-refractivity contribution in [3.05, 3.63) is 41.5 Å².